The third-order valence-electron chi connectivity index (χ3n) is 3.73. The summed E-state index contributed by atoms with van der Waals surface area (Å²) in [4.78, 5) is 14.6. The van der Waals surface area contributed by atoms with Crippen LogP contribution in [0.1, 0.15) is 62.2 Å². The van der Waals surface area contributed by atoms with Gasteiger partial charge in [0, 0.05) is 18.7 Å². The van der Waals surface area contributed by atoms with Crippen LogP contribution in [-0.2, 0) is 0 Å². The Bertz CT molecular complexity index is 426. The molecule has 2 rings (SSSR count). The van der Waals surface area contributed by atoms with Gasteiger partial charge in [0.2, 0.25) is 0 Å². The molecule has 0 saturated carbocycles. The summed E-state index contributed by atoms with van der Waals surface area (Å²) in [6.45, 7) is 7.10. The molecule has 0 unspecified atom stereocenters. The molecule has 4 heteroatoms. The first-order valence-electron chi connectivity index (χ1n) is 7.32. The molecule has 0 bridgehead atoms. The molecule has 0 aliphatic carbocycles. The summed E-state index contributed by atoms with van der Waals surface area (Å²) < 4.78 is 5.03. The zero-order chi connectivity index (χ0) is 13.8. The number of amides is 1. The molecule has 1 aliphatic heterocycles. The Morgan fingerprint density at radius 3 is 2.89 bits per heavy atom. The molecular formula is C15H24N2O2. The maximum Gasteiger partial charge on any atom is 0.276 e. The Hall–Kier alpha value is -1.32. The Morgan fingerprint density at radius 1 is 1.47 bits per heavy atom. The van der Waals surface area contributed by atoms with Crippen molar-refractivity contribution in [1.29, 1.82) is 0 Å². The van der Waals surface area contributed by atoms with E-state index in [-0.39, 0.29) is 5.91 Å². The summed E-state index contributed by atoms with van der Waals surface area (Å²) in [6, 6.07) is 2.09. The molecule has 0 radical (unpaired) electrons. The number of rotatable bonds is 3. The minimum absolute atomic E-state index is 0.0319. The van der Waals surface area contributed by atoms with Gasteiger partial charge in [-0.05, 0) is 32.1 Å². The molecule has 0 N–H and O–H groups in total. The third kappa shape index (κ3) is 3.58. The highest BCUT2D eigenvalue weighted by molar-refractivity contribution is 5.92. The van der Waals surface area contributed by atoms with E-state index < -0.39 is 0 Å². The largest absolute Gasteiger partial charge is 0.361 e. The molecule has 1 saturated heterocycles. The molecular weight excluding hydrogens is 240 g/mol. The molecule has 1 aliphatic rings. The fraction of sp³-hybridized carbons (Fsp3) is 0.733. The Labute approximate surface area is 115 Å². The van der Waals surface area contributed by atoms with Gasteiger partial charge < -0.3 is 9.42 Å². The Balaban J connectivity index is 2.14. The lowest BCUT2D eigenvalue weighted by Gasteiger charge is -2.30. The van der Waals surface area contributed by atoms with E-state index in [0.29, 0.717) is 23.4 Å². The second kappa shape index (κ2) is 6.22. The Morgan fingerprint density at radius 2 is 2.26 bits per heavy atom. The number of carbonyl (C=O) groups excluding carboxylic acids is 1. The van der Waals surface area contributed by atoms with Gasteiger partial charge in [-0.2, -0.15) is 0 Å². The van der Waals surface area contributed by atoms with Gasteiger partial charge in [0.1, 0.15) is 5.76 Å². The highest BCUT2D eigenvalue weighted by atomic mass is 16.5. The van der Waals surface area contributed by atoms with E-state index in [0.717, 1.165) is 25.8 Å². The van der Waals surface area contributed by atoms with Crippen LogP contribution in [0.25, 0.3) is 0 Å². The van der Waals surface area contributed by atoms with Crippen LogP contribution in [-0.4, -0.2) is 28.6 Å². The zero-order valence-electron chi connectivity index (χ0n) is 12.2. The topological polar surface area (TPSA) is 46.3 Å². The average Bonchev–Trinajstić information content (AvgIpc) is 2.65. The van der Waals surface area contributed by atoms with E-state index in [1.165, 1.54) is 12.8 Å². The minimum Gasteiger partial charge on any atom is -0.361 e. The first-order chi connectivity index (χ1) is 9.08. The molecule has 1 aromatic heterocycles. The normalized spacial score (nSPS) is 20.6. The van der Waals surface area contributed by atoms with Gasteiger partial charge in [0.15, 0.2) is 5.69 Å². The molecule has 0 aromatic carbocycles. The highest BCUT2D eigenvalue weighted by Crippen LogP contribution is 2.24. The smallest absolute Gasteiger partial charge is 0.276 e. The van der Waals surface area contributed by atoms with Gasteiger partial charge >= 0.3 is 0 Å². The maximum atomic E-state index is 12.6. The lowest BCUT2D eigenvalue weighted by molar-refractivity contribution is 0.0650. The summed E-state index contributed by atoms with van der Waals surface area (Å²) in [5, 5.41) is 3.87. The number of nitrogens with zero attached hydrogens (tertiary/aromatic N) is 2. The Kier molecular flexibility index (Phi) is 4.61. The van der Waals surface area contributed by atoms with Crippen molar-refractivity contribution >= 4 is 5.91 Å². The molecule has 4 nitrogen and oxygen atoms in total. The molecule has 2 heterocycles. The number of hydrogen-bond acceptors (Lipinski definition) is 3. The van der Waals surface area contributed by atoms with E-state index in [1.54, 1.807) is 6.07 Å². The van der Waals surface area contributed by atoms with Crippen molar-refractivity contribution < 1.29 is 9.32 Å². The number of hydrogen-bond donors (Lipinski definition) is 0. The average molecular weight is 264 g/mol. The fourth-order valence-electron chi connectivity index (χ4n) is 2.85. The summed E-state index contributed by atoms with van der Waals surface area (Å²) >= 11 is 0. The van der Waals surface area contributed by atoms with Crippen LogP contribution in [0, 0.1) is 12.8 Å². The number of aryl methyl sites for hydroxylation is 1. The maximum absolute atomic E-state index is 12.6. The van der Waals surface area contributed by atoms with E-state index >= 15 is 0 Å². The summed E-state index contributed by atoms with van der Waals surface area (Å²) in [6.07, 6.45) is 5.72. The standard InChI is InChI=1S/C15H24N2O2/c1-11(2)9-13-7-5-4-6-8-17(13)15(18)14-10-12(3)19-16-14/h10-11,13H,4-9H2,1-3H3/t13-/m1/s1. The van der Waals surface area contributed by atoms with Crippen LogP contribution in [0.3, 0.4) is 0 Å². The van der Waals surface area contributed by atoms with Crippen molar-refractivity contribution in [2.75, 3.05) is 6.54 Å². The van der Waals surface area contributed by atoms with Crippen molar-refractivity contribution in [1.82, 2.24) is 10.1 Å². The molecule has 106 valence electrons. The number of aromatic nitrogens is 1. The highest BCUT2D eigenvalue weighted by Gasteiger charge is 2.28. The lowest BCUT2D eigenvalue weighted by atomic mass is 9.98. The number of carbonyl (C=O) groups is 1. The minimum atomic E-state index is 0.0319. The van der Waals surface area contributed by atoms with Crippen LogP contribution in [0.15, 0.2) is 10.6 Å². The summed E-state index contributed by atoms with van der Waals surface area (Å²) in [7, 11) is 0. The monoisotopic (exact) mass is 264 g/mol. The van der Waals surface area contributed by atoms with Gasteiger partial charge in [-0.15, -0.1) is 0 Å². The van der Waals surface area contributed by atoms with E-state index in [1.807, 2.05) is 11.8 Å². The predicted octanol–water partition coefficient (Wildman–Crippen LogP) is 3.41. The lowest BCUT2D eigenvalue weighted by Crippen LogP contribution is -2.40. The molecule has 1 atom stereocenters. The number of likely N-dealkylation sites (tertiary alicyclic amines) is 1. The zero-order valence-corrected chi connectivity index (χ0v) is 12.2. The van der Waals surface area contributed by atoms with E-state index in [9.17, 15) is 4.79 Å². The van der Waals surface area contributed by atoms with Crippen LogP contribution < -0.4 is 0 Å². The van der Waals surface area contributed by atoms with Crippen LogP contribution in [0.2, 0.25) is 0 Å². The summed E-state index contributed by atoms with van der Waals surface area (Å²) in [5.74, 6) is 1.33. The van der Waals surface area contributed by atoms with Gasteiger partial charge in [0.05, 0.1) is 0 Å². The predicted molar refractivity (Wildman–Crippen MR) is 74.0 cm³/mol. The molecule has 1 fully saturated rings. The first-order valence-corrected chi connectivity index (χ1v) is 7.32. The SMILES string of the molecule is Cc1cc(C(=O)N2CCCCC[C@@H]2CC(C)C)no1. The van der Waals surface area contributed by atoms with Crippen molar-refractivity contribution in [2.45, 2.75) is 58.9 Å². The van der Waals surface area contributed by atoms with E-state index in [4.69, 9.17) is 4.52 Å². The molecule has 1 amide bonds. The van der Waals surface area contributed by atoms with E-state index in [2.05, 4.69) is 19.0 Å². The van der Waals surface area contributed by atoms with Crippen molar-refractivity contribution in [3.8, 4) is 0 Å². The van der Waals surface area contributed by atoms with Crippen LogP contribution in [0.5, 0.6) is 0 Å². The van der Waals surface area contributed by atoms with Crippen molar-refractivity contribution in [3.05, 3.63) is 17.5 Å². The van der Waals surface area contributed by atoms with Gasteiger partial charge in [-0.1, -0.05) is 31.8 Å². The molecule has 19 heavy (non-hydrogen) atoms. The van der Waals surface area contributed by atoms with Gasteiger partial charge in [0.25, 0.3) is 5.91 Å². The van der Waals surface area contributed by atoms with Crippen molar-refractivity contribution in [3.63, 3.8) is 0 Å². The molecule has 0 spiro atoms. The van der Waals surface area contributed by atoms with Crippen LogP contribution in [0.4, 0.5) is 0 Å². The third-order valence-corrected chi connectivity index (χ3v) is 3.73. The summed E-state index contributed by atoms with van der Waals surface area (Å²) in [5.41, 5.74) is 0.452. The second-order valence-corrected chi connectivity index (χ2v) is 5.95. The van der Waals surface area contributed by atoms with Gasteiger partial charge in [-0.3, -0.25) is 4.79 Å². The van der Waals surface area contributed by atoms with Crippen LogP contribution >= 0.6 is 0 Å². The molecule has 1 aromatic rings. The fourth-order valence-corrected chi connectivity index (χ4v) is 2.85. The van der Waals surface area contributed by atoms with Crippen molar-refractivity contribution in [2.24, 2.45) is 5.92 Å². The second-order valence-electron chi connectivity index (χ2n) is 5.95. The quantitative estimate of drug-likeness (QED) is 0.840. The van der Waals surface area contributed by atoms with Gasteiger partial charge in [-0.25, -0.2) is 0 Å². The first kappa shape index (κ1) is 14.1.